The molecular weight excluding hydrogens is 298 g/mol. The Hall–Kier alpha value is -0.840. The third kappa shape index (κ3) is 2.84. The highest BCUT2D eigenvalue weighted by Gasteiger charge is 2.62. The Labute approximate surface area is 133 Å². The van der Waals surface area contributed by atoms with Gasteiger partial charge in [-0.05, 0) is 44.4 Å². The van der Waals surface area contributed by atoms with Crippen molar-refractivity contribution in [3.63, 3.8) is 0 Å². The summed E-state index contributed by atoms with van der Waals surface area (Å²) in [6.07, 6.45) is 4.88. The van der Waals surface area contributed by atoms with Crippen LogP contribution in [0.5, 0.6) is 0 Å². The van der Waals surface area contributed by atoms with Crippen LogP contribution in [0.2, 0.25) is 0 Å². The molecule has 0 radical (unpaired) electrons. The van der Waals surface area contributed by atoms with Crippen LogP contribution in [0.4, 0.5) is 0 Å². The van der Waals surface area contributed by atoms with Crippen molar-refractivity contribution in [2.24, 2.45) is 17.3 Å². The van der Waals surface area contributed by atoms with Gasteiger partial charge >= 0.3 is 0 Å². The molecule has 3 fully saturated rings. The Kier molecular flexibility index (Phi) is 3.70. The van der Waals surface area contributed by atoms with Gasteiger partial charge in [-0.1, -0.05) is 25.5 Å². The fourth-order valence-electron chi connectivity index (χ4n) is 3.99. The van der Waals surface area contributed by atoms with Crippen molar-refractivity contribution in [1.82, 2.24) is 4.90 Å². The highest BCUT2D eigenvalue weighted by atomic mass is 32.2. The molecule has 1 amide bonds. The molecule has 0 spiro atoms. The summed E-state index contributed by atoms with van der Waals surface area (Å²) < 4.78 is 23.6. The second-order valence-corrected chi connectivity index (χ2v) is 10.3. The second-order valence-electron chi connectivity index (χ2n) is 8.10. The number of carbonyl (C=O) groups excluding carboxylic acids is 1. The summed E-state index contributed by atoms with van der Waals surface area (Å²) in [7, 11) is -2.95. The average molecular weight is 325 g/mol. The van der Waals surface area contributed by atoms with E-state index >= 15 is 0 Å². The summed E-state index contributed by atoms with van der Waals surface area (Å²) in [6.45, 7) is 8.43. The summed E-state index contributed by atoms with van der Waals surface area (Å²) in [5.41, 5.74) is 1.24. The van der Waals surface area contributed by atoms with Gasteiger partial charge in [-0.3, -0.25) is 4.79 Å². The molecule has 0 aromatic carbocycles. The van der Waals surface area contributed by atoms with Crippen LogP contribution in [0.1, 0.15) is 47.0 Å². The third-order valence-electron chi connectivity index (χ3n) is 5.49. The molecule has 1 saturated heterocycles. The lowest BCUT2D eigenvalue weighted by Crippen LogP contribution is -2.44. The molecule has 0 N–H and O–H groups in total. The van der Waals surface area contributed by atoms with E-state index in [4.69, 9.17) is 0 Å². The molecule has 3 rings (SSSR count). The summed E-state index contributed by atoms with van der Waals surface area (Å²) in [5.74, 6) is 0.905. The number of allylic oxidation sites excluding steroid dienone is 2. The molecule has 4 nitrogen and oxygen atoms in total. The summed E-state index contributed by atoms with van der Waals surface area (Å²) in [6, 6.07) is 0.198. The fraction of sp³-hybridized carbons (Fsp3) is 0.824. The minimum Gasteiger partial charge on any atom is -0.335 e. The number of rotatable bonds is 4. The number of nitrogens with zero attached hydrogens (tertiary/aromatic N) is 1. The molecule has 3 aliphatic rings. The number of amides is 1. The molecule has 0 bridgehead atoms. The average Bonchev–Trinajstić information content (AvgIpc) is 3.23. The van der Waals surface area contributed by atoms with E-state index in [-0.39, 0.29) is 40.8 Å². The summed E-state index contributed by atoms with van der Waals surface area (Å²) >= 11 is 0. The Morgan fingerprint density at radius 2 is 1.77 bits per heavy atom. The lowest BCUT2D eigenvalue weighted by molar-refractivity contribution is -0.136. The third-order valence-corrected chi connectivity index (χ3v) is 7.24. The molecule has 3 unspecified atom stereocenters. The van der Waals surface area contributed by atoms with Crippen LogP contribution < -0.4 is 0 Å². The molecule has 2 aliphatic carbocycles. The van der Waals surface area contributed by atoms with Crippen molar-refractivity contribution < 1.29 is 13.2 Å². The quantitative estimate of drug-likeness (QED) is 0.746. The van der Waals surface area contributed by atoms with E-state index in [2.05, 4.69) is 33.8 Å². The van der Waals surface area contributed by atoms with Crippen LogP contribution in [0.15, 0.2) is 11.6 Å². The number of sulfone groups is 1. The smallest absolute Gasteiger partial charge is 0.227 e. The molecule has 1 aliphatic heterocycles. The van der Waals surface area contributed by atoms with E-state index in [1.807, 2.05) is 4.90 Å². The maximum Gasteiger partial charge on any atom is 0.227 e. The molecule has 0 aromatic rings. The molecule has 1 heterocycles. The van der Waals surface area contributed by atoms with E-state index in [9.17, 15) is 13.2 Å². The lowest BCUT2D eigenvalue weighted by atomic mass is 10.1. The molecule has 22 heavy (non-hydrogen) atoms. The van der Waals surface area contributed by atoms with Crippen LogP contribution in [-0.2, 0) is 14.6 Å². The predicted octanol–water partition coefficient (Wildman–Crippen LogP) is 2.40. The molecule has 124 valence electrons. The van der Waals surface area contributed by atoms with Crippen LogP contribution in [0, 0.1) is 17.3 Å². The first-order chi connectivity index (χ1) is 10.1. The first kappa shape index (κ1) is 16.0. The molecular formula is C17H27NO3S. The van der Waals surface area contributed by atoms with Crippen molar-refractivity contribution in [2.75, 3.05) is 11.5 Å². The standard InChI is InChI=1S/C17H27NO3S/c1-11(2)9-14-15(17(14,3)4)16(19)18(12-5-6-12)13-7-8-22(20,21)10-13/h9,12-15H,5-8,10H2,1-4H3. The van der Waals surface area contributed by atoms with Gasteiger partial charge in [0, 0.05) is 12.1 Å². The van der Waals surface area contributed by atoms with Gasteiger partial charge in [-0.15, -0.1) is 0 Å². The van der Waals surface area contributed by atoms with Crippen molar-refractivity contribution in [1.29, 1.82) is 0 Å². The van der Waals surface area contributed by atoms with Gasteiger partial charge in [0.15, 0.2) is 9.84 Å². The van der Waals surface area contributed by atoms with Gasteiger partial charge < -0.3 is 4.90 Å². The topological polar surface area (TPSA) is 54.5 Å². The Bertz CT molecular complexity index is 612. The normalized spacial score (nSPS) is 35.0. The Balaban J connectivity index is 1.79. The van der Waals surface area contributed by atoms with Gasteiger partial charge in [0.2, 0.25) is 5.91 Å². The molecule has 2 saturated carbocycles. The Morgan fingerprint density at radius 1 is 1.14 bits per heavy atom. The van der Waals surface area contributed by atoms with E-state index in [1.54, 1.807) is 0 Å². The molecule has 5 heteroatoms. The zero-order valence-electron chi connectivity index (χ0n) is 14.0. The number of hydrogen-bond acceptors (Lipinski definition) is 3. The maximum atomic E-state index is 13.1. The van der Waals surface area contributed by atoms with Crippen LogP contribution in [-0.4, -0.2) is 42.8 Å². The second kappa shape index (κ2) is 5.08. The SMILES string of the molecule is CC(C)=CC1C(C(=O)N(C2CC2)C2CCS(=O)(=O)C2)C1(C)C. The summed E-state index contributed by atoms with van der Waals surface area (Å²) in [4.78, 5) is 15.0. The summed E-state index contributed by atoms with van der Waals surface area (Å²) in [5, 5.41) is 0. The van der Waals surface area contributed by atoms with E-state index < -0.39 is 9.84 Å². The fourth-order valence-corrected chi connectivity index (χ4v) is 5.70. The number of carbonyl (C=O) groups is 1. The van der Waals surface area contributed by atoms with E-state index in [0.29, 0.717) is 12.3 Å². The van der Waals surface area contributed by atoms with E-state index in [0.717, 1.165) is 12.8 Å². The van der Waals surface area contributed by atoms with Gasteiger partial charge in [0.1, 0.15) is 0 Å². The Morgan fingerprint density at radius 3 is 2.23 bits per heavy atom. The minimum atomic E-state index is -2.95. The molecule has 3 atom stereocenters. The van der Waals surface area contributed by atoms with Gasteiger partial charge in [-0.25, -0.2) is 8.42 Å². The lowest BCUT2D eigenvalue weighted by Gasteiger charge is -2.29. The highest BCUT2D eigenvalue weighted by molar-refractivity contribution is 7.91. The van der Waals surface area contributed by atoms with Crippen molar-refractivity contribution in [3.05, 3.63) is 11.6 Å². The first-order valence-corrected chi connectivity index (χ1v) is 10.1. The predicted molar refractivity (Wildman–Crippen MR) is 87.1 cm³/mol. The van der Waals surface area contributed by atoms with Gasteiger partial charge in [0.25, 0.3) is 0 Å². The first-order valence-electron chi connectivity index (χ1n) is 8.31. The van der Waals surface area contributed by atoms with E-state index in [1.165, 1.54) is 5.57 Å². The largest absolute Gasteiger partial charge is 0.335 e. The highest BCUT2D eigenvalue weighted by Crippen LogP contribution is 2.60. The zero-order valence-corrected chi connectivity index (χ0v) is 14.8. The maximum absolute atomic E-state index is 13.1. The van der Waals surface area contributed by atoms with Crippen molar-refractivity contribution in [2.45, 2.75) is 59.0 Å². The van der Waals surface area contributed by atoms with Crippen molar-refractivity contribution >= 4 is 15.7 Å². The van der Waals surface area contributed by atoms with Crippen molar-refractivity contribution in [3.8, 4) is 0 Å². The minimum absolute atomic E-state index is 0.00102. The monoisotopic (exact) mass is 325 g/mol. The number of hydrogen-bond donors (Lipinski definition) is 0. The molecule has 0 aromatic heterocycles. The van der Waals surface area contributed by atoms with Crippen LogP contribution in [0.25, 0.3) is 0 Å². The van der Waals surface area contributed by atoms with Gasteiger partial charge in [-0.2, -0.15) is 0 Å². The van der Waals surface area contributed by atoms with Crippen LogP contribution in [0.3, 0.4) is 0 Å². The van der Waals surface area contributed by atoms with Gasteiger partial charge in [0.05, 0.1) is 17.4 Å². The van der Waals surface area contributed by atoms with Crippen LogP contribution >= 0.6 is 0 Å². The zero-order chi connectivity index (χ0) is 16.3.